The molecule has 3 aromatic carbocycles. The van der Waals surface area contributed by atoms with Crippen molar-refractivity contribution in [3.8, 4) is 11.5 Å². The highest BCUT2D eigenvalue weighted by Gasteiger charge is 2.53. The molecule has 1 atom stereocenters. The van der Waals surface area contributed by atoms with Crippen LogP contribution >= 0.6 is 0 Å². The molecule has 0 bridgehead atoms. The average Bonchev–Trinajstić information content (AvgIpc) is 2.80. The molecule has 1 unspecified atom stereocenters. The van der Waals surface area contributed by atoms with E-state index in [2.05, 4.69) is 58.7 Å². The Balaban J connectivity index is 0.00000240. The molecule has 154 valence electrons. The minimum atomic E-state index is -0.659. The van der Waals surface area contributed by atoms with E-state index in [-0.39, 0.29) is 18.7 Å². The quantitative estimate of drug-likeness (QED) is 0.540. The Morgan fingerprint density at radius 3 is 2.17 bits per heavy atom. The van der Waals surface area contributed by atoms with E-state index < -0.39 is 5.72 Å². The van der Waals surface area contributed by atoms with Crippen molar-refractivity contribution in [3.05, 3.63) is 64.7 Å². The van der Waals surface area contributed by atoms with Gasteiger partial charge in [0.2, 0.25) is 0 Å². The molecular formula is C25H32N2O2. The minimum absolute atomic E-state index is 0. The first kappa shape index (κ1) is 21.0. The van der Waals surface area contributed by atoms with Gasteiger partial charge in [-0.1, -0.05) is 31.7 Å². The van der Waals surface area contributed by atoms with Crippen LogP contribution in [0.1, 0.15) is 50.5 Å². The zero-order valence-electron chi connectivity index (χ0n) is 17.4. The maximum Gasteiger partial charge on any atom is 0.188 e. The Hall–Kier alpha value is -2.72. The third-order valence-electron chi connectivity index (χ3n) is 6.49. The molecule has 4 heteroatoms. The zero-order valence-corrected chi connectivity index (χ0v) is 17.4. The number of fused-ring (bicyclic) bond motifs is 2. The van der Waals surface area contributed by atoms with E-state index in [0.717, 1.165) is 10.8 Å². The van der Waals surface area contributed by atoms with E-state index >= 15 is 0 Å². The predicted octanol–water partition coefficient (Wildman–Crippen LogP) is 5.81. The van der Waals surface area contributed by atoms with Crippen molar-refractivity contribution in [2.45, 2.75) is 53.3 Å². The number of nitrogens with zero attached hydrogens (tertiary/aromatic N) is 1. The summed E-state index contributed by atoms with van der Waals surface area (Å²) in [5.41, 5.74) is 11.2. The summed E-state index contributed by atoms with van der Waals surface area (Å²) in [5, 5.41) is 11.6. The maximum absolute atomic E-state index is 9.88. The van der Waals surface area contributed by atoms with Crippen molar-refractivity contribution in [1.82, 2.24) is 4.90 Å². The largest absolute Gasteiger partial charge is 0.508 e. The van der Waals surface area contributed by atoms with Crippen LogP contribution in [0.2, 0.25) is 0 Å². The van der Waals surface area contributed by atoms with Gasteiger partial charge in [0.25, 0.3) is 0 Å². The Morgan fingerprint density at radius 2 is 1.52 bits per heavy atom. The molecule has 0 amide bonds. The summed E-state index contributed by atoms with van der Waals surface area (Å²) in [4.78, 5) is 2.27. The molecule has 0 aliphatic carbocycles. The van der Waals surface area contributed by atoms with Gasteiger partial charge in [0.1, 0.15) is 11.5 Å². The first-order chi connectivity index (χ1) is 13.1. The van der Waals surface area contributed by atoms with Gasteiger partial charge in [-0.15, -0.1) is 0 Å². The number of hydrogen-bond acceptors (Lipinski definition) is 4. The topological polar surface area (TPSA) is 58.7 Å². The third kappa shape index (κ3) is 2.85. The molecule has 1 heterocycles. The lowest BCUT2D eigenvalue weighted by molar-refractivity contribution is -0.0902. The van der Waals surface area contributed by atoms with E-state index in [9.17, 15) is 5.11 Å². The number of rotatable bonds is 2. The van der Waals surface area contributed by atoms with E-state index in [1.54, 1.807) is 12.1 Å². The molecule has 0 saturated carbocycles. The van der Waals surface area contributed by atoms with Crippen LogP contribution in [0.5, 0.6) is 11.5 Å². The number of nitrogen functional groups attached to an aromatic ring is 1. The molecule has 1 aliphatic rings. The molecule has 29 heavy (non-hydrogen) atoms. The molecule has 0 radical (unpaired) electrons. The third-order valence-corrected chi connectivity index (χ3v) is 6.49. The van der Waals surface area contributed by atoms with E-state index in [0.29, 0.717) is 11.4 Å². The van der Waals surface area contributed by atoms with Gasteiger partial charge < -0.3 is 15.6 Å². The minimum Gasteiger partial charge on any atom is -0.508 e. The Morgan fingerprint density at radius 1 is 0.931 bits per heavy atom. The second-order valence-corrected chi connectivity index (χ2v) is 8.54. The van der Waals surface area contributed by atoms with Gasteiger partial charge >= 0.3 is 0 Å². The molecule has 4 rings (SSSR count). The molecule has 0 spiro atoms. The van der Waals surface area contributed by atoms with Gasteiger partial charge in [0, 0.05) is 16.5 Å². The van der Waals surface area contributed by atoms with Crippen LogP contribution < -0.4 is 10.5 Å². The summed E-state index contributed by atoms with van der Waals surface area (Å²) in [5.74, 6) is 0.815. The maximum atomic E-state index is 9.88. The van der Waals surface area contributed by atoms with Crippen molar-refractivity contribution < 1.29 is 9.84 Å². The highest BCUT2D eigenvalue weighted by atomic mass is 16.5. The fourth-order valence-electron chi connectivity index (χ4n) is 4.80. The summed E-state index contributed by atoms with van der Waals surface area (Å²) < 4.78 is 6.67. The summed E-state index contributed by atoms with van der Waals surface area (Å²) in [6, 6.07) is 13.5. The normalized spacial score (nSPS) is 20.3. The van der Waals surface area contributed by atoms with E-state index in [1.165, 1.54) is 22.3 Å². The van der Waals surface area contributed by atoms with Crippen LogP contribution in [0, 0.1) is 13.8 Å². The van der Waals surface area contributed by atoms with Gasteiger partial charge in [0.05, 0.1) is 5.69 Å². The number of aryl methyl sites for hydroxylation is 2. The van der Waals surface area contributed by atoms with Crippen LogP contribution in [0.25, 0.3) is 10.8 Å². The van der Waals surface area contributed by atoms with Gasteiger partial charge in [-0.2, -0.15) is 0 Å². The Bertz CT molecular complexity index is 1100. The van der Waals surface area contributed by atoms with Crippen molar-refractivity contribution in [3.63, 3.8) is 0 Å². The zero-order chi connectivity index (χ0) is 20.4. The standard InChI is InChI=1S/C24H28N2O2.CH4/c1-14-7-8-15(2)21-20(14)23(3,4)26(6)24(21,5)28-19-12-10-16-9-11-17(27)13-18(16)22(19)25;/h7-13,27H,25H2,1-6H3;1H4. The number of phenolic OH excluding ortho intramolecular Hbond substituents is 1. The molecule has 0 aromatic heterocycles. The molecule has 1 aliphatic heterocycles. The first-order valence-electron chi connectivity index (χ1n) is 9.62. The summed E-state index contributed by atoms with van der Waals surface area (Å²) in [6.45, 7) is 10.9. The summed E-state index contributed by atoms with van der Waals surface area (Å²) in [7, 11) is 2.10. The first-order valence-corrected chi connectivity index (χ1v) is 9.62. The number of ether oxygens (including phenoxy) is 1. The van der Waals surface area contributed by atoms with E-state index in [1.807, 2.05) is 18.2 Å². The molecule has 4 nitrogen and oxygen atoms in total. The fourth-order valence-corrected chi connectivity index (χ4v) is 4.80. The number of benzene rings is 3. The van der Waals surface area contributed by atoms with Crippen molar-refractivity contribution in [2.75, 3.05) is 12.8 Å². The molecule has 3 aromatic rings. The van der Waals surface area contributed by atoms with Crippen LogP contribution in [0.4, 0.5) is 5.69 Å². The number of hydrogen-bond donors (Lipinski definition) is 2. The lowest BCUT2D eigenvalue weighted by Crippen LogP contribution is -2.48. The predicted molar refractivity (Wildman–Crippen MR) is 121 cm³/mol. The van der Waals surface area contributed by atoms with Crippen LogP contribution in [0.3, 0.4) is 0 Å². The SMILES string of the molecule is C.Cc1ccc(C)c2c1C(C)(C)N(C)C2(C)Oc1ccc2ccc(O)cc2c1N. The second-order valence-electron chi connectivity index (χ2n) is 8.54. The van der Waals surface area contributed by atoms with Gasteiger partial charge in [-0.3, -0.25) is 4.90 Å². The number of anilines is 1. The van der Waals surface area contributed by atoms with Crippen molar-refractivity contribution in [2.24, 2.45) is 0 Å². The van der Waals surface area contributed by atoms with Crippen LogP contribution in [0.15, 0.2) is 42.5 Å². The highest BCUT2D eigenvalue weighted by molar-refractivity contribution is 5.96. The lowest BCUT2D eigenvalue weighted by Gasteiger charge is -2.40. The molecule has 0 fully saturated rings. The van der Waals surface area contributed by atoms with Crippen LogP contribution in [-0.2, 0) is 11.3 Å². The Labute approximate surface area is 173 Å². The Kier molecular flexibility index (Phi) is 4.83. The number of aromatic hydroxyl groups is 1. The summed E-state index contributed by atoms with van der Waals surface area (Å²) in [6.07, 6.45) is 0. The van der Waals surface area contributed by atoms with E-state index in [4.69, 9.17) is 10.5 Å². The average molecular weight is 393 g/mol. The lowest BCUT2D eigenvalue weighted by atomic mass is 9.87. The van der Waals surface area contributed by atoms with Gasteiger partial charge in [-0.05, 0) is 81.9 Å². The molecular weight excluding hydrogens is 360 g/mol. The van der Waals surface area contributed by atoms with Crippen molar-refractivity contribution in [1.29, 1.82) is 0 Å². The smallest absolute Gasteiger partial charge is 0.188 e. The summed E-state index contributed by atoms with van der Waals surface area (Å²) >= 11 is 0. The fraction of sp³-hybridized carbons (Fsp3) is 0.360. The monoisotopic (exact) mass is 392 g/mol. The second kappa shape index (κ2) is 6.67. The van der Waals surface area contributed by atoms with Crippen molar-refractivity contribution >= 4 is 16.5 Å². The van der Waals surface area contributed by atoms with Gasteiger partial charge in [-0.25, -0.2) is 0 Å². The molecule has 3 N–H and O–H groups in total. The number of phenols is 1. The molecule has 0 saturated heterocycles. The number of nitrogens with two attached hydrogens (primary N) is 1. The van der Waals surface area contributed by atoms with Crippen LogP contribution in [-0.4, -0.2) is 17.1 Å². The highest BCUT2D eigenvalue weighted by Crippen LogP contribution is 2.52. The van der Waals surface area contributed by atoms with Gasteiger partial charge in [0.15, 0.2) is 5.72 Å².